The van der Waals surface area contributed by atoms with Gasteiger partial charge in [-0.2, -0.15) is 4.37 Å². The van der Waals surface area contributed by atoms with E-state index in [9.17, 15) is 9.59 Å². The summed E-state index contributed by atoms with van der Waals surface area (Å²) in [6.07, 6.45) is 0. The van der Waals surface area contributed by atoms with Crippen molar-refractivity contribution in [1.82, 2.24) is 4.37 Å². The number of carbonyl (C=O) groups excluding carboxylic acids is 2. The Kier molecular flexibility index (Phi) is 3.62. The second kappa shape index (κ2) is 5.19. The van der Waals surface area contributed by atoms with Gasteiger partial charge in [0.05, 0.1) is 11.3 Å². The van der Waals surface area contributed by atoms with Gasteiger partial charge >= 0.3 is 0 Å². The first kappa shape index (κ1) is 13.2. The van der Waals surface area contributed by atoms with Gasteiger partial charge in [-0.05, 0) is 49.6 Å². The highest BCUT2D eigenvalue weighted by Gasteiger charge is 2.14. The van der Waals surface area contributed by atoms with Crippen LogP contribution in [0.3, 0.4) is 0 Å². The average Bonchev–Trinajstić information content (AvgIpc) is 2.71. The van der Waals surface area contributed by atoms with Gasteiger partial charge in [-0.25, -0.2) is 0 Å². The molecule has 0 spiro atoms. The van der Waals surface area contributed by atoms with Gasteiger partial charge < -0.3 is 11.1 Å². The standard InChI is InChI=1S/C13H13N3O2S/c1-7-11(8(2)17)13(19-16-7)15-10-5-3-9(4-6-10)12(14)18/h3-6,15H,1-2H3,(H2,14,18). The van der Waals surface area contributed by atoms with Gasteiger partial charge in [0.15, 0.2) is 5.78 Å². The number of primary amides is 1. The third-order valence-corrected chi connectivity index (χ3v) is 3.50. The van der Waals surface area contributed by atoms with Crippen molar-refractivity contribution in [3.63, 3.8) is 0 Å². The van der Waals surface area contributed by atoms with E-state index in [0.717, 1.165) is 5.69 Å². The van der Waals surface area contributed by atoms with Crippen LogP contribution in [0.5, 0.6) is 0 Å². The predicted octanol–water partition coefficient (Wildman–Crippen LogP) is 2.50. The van der Waals surface area contributed by atoms with E-state index in [0.29, 0.717) is 21.8 Å². The first-order chi connectivity index (χ1) is 8.99. The number of Topliss-reactive ketones (excluding diaryl/α,β-unsaturated/α-hetero) is 1. The lowest BCUT2D eigenvalue weighted by molar-refractivity contribution is 0.0996. The molecule has 0 atom stereocenters. The molecule has 1 amide bonds. The van der Waals surface area contributed by atoms with E-state index in [-0.39, 0.29) is 5.78 Å². The summed E-state index contributed by atoms with van der Waals surface area (Å²) >= 11 is 1.24. The molecule has 0 unspecified atom stereocenters. The number of aromatic nitrogens is 1. The van der Waals surface area contributed by atoms with Crippen LogP contribution in [0.4, 0.5) is 10.7 Å². The lowest BCUT2D eigenvalue weighted by Gasteiger charge is -2.05. The first-order valence-electron chi connectivity index (χ1n) is 5.63. The average molecular weight is 275 g/mol. The summed E-state index contributed by atoms with van der Waals surface area (Å²) in [5.74, 6) is -0.493. The number of nitrogens with two attached hydrogens (primary N) is 1. The zero-order valence-electron chi connectivity index (χ0n) is 10.6. The highest BCUT2D eigenvalue weighted by Crippen LogP contribution is 2.28. The maximum absolute atomic E-state index is 11.5. The molecular formula is C13H13N3O2S. The van der Waals surface area contributed by atoms with Crippen LogP contribution in [0.15, 0.2) is 24.3 Å². The fourth-order valence-electron chi connectivity index (χ4n) is 1.72. The maximum Gasteiger partial charge on any atom is 0.248 e. The van der Waals surface area contributed by atoms with Crippen molar-refractivity contribution >= 4 is 33.9 Å². The normalized spacial score (nSPS) is 10.2. The van der Waals surface area contributed by atoms with Gasteiger partial charge in [0, 0.05) is 11.3 Å². The van der Waals surface area contributed by atoms with Gasteiger partial charge in [0.1, 0.15) is 5.00 Å². The number of aryl methyl sites for hydroxylation is 1. The summed E-state index contributed by atoms with van der Waals surface area (Å²) in [6.45, 7) is 3.31. The maximum atomic E-state index is 11.5. The van der Waals surface area contributed by atoms with Crippen molar-refractivity contribution in [2.75, 3.05) is 5.32 Å². The minimum atomic E-state index is -0.468. The summed E-state index contributed by atoms with van der Waals surface area (Å²) in [5, 5.41) is 3.83. The van der Waals surface area contributed by atoms with Crippen LogP contribution < -0.4 is 11.1 Å². The van der Waals surface area contributed by atoms with Gasteiger partial charge in [0.2, 0.25) is 5.91 Å². The molecule has 0 aliphatic carbocycles. The fraction of sp³-hybridized carbons (Fsp3) is 0.154. The number of hydrogen-bond acceptors (Lipinski definition) is 5. The largest absolute Gasteiger partial charge is 0.366 e. The van der Waals surface area contributed by atoms with Gasteiger partial charge in [0.25, 0.3) is 0 Å². The Bertz CT molecular complexity index is 632. The molecule has 2 rings (SSSR count). The molecule has 19 heavy (non-hydrogen) atoms. The van der Waals surface area contributed by atoms with Crippen LogP contribution in [0.2, 0.25) is 0 Å². The lowest BCUT2D eigenvalue weighted by atomic mass is 10.1. The molecule has 0 aliphatic rings. The summed E-state index contributed by atoms with van der Waals surface area (Å²) in [7, 11) is 0. The monoisotopic (exact) mass is 275 g/mol. The van der Waals surface area contributed by atoms with Crippen LogP contribution >= 0.6 is 11.5 Å². The number of benzene rings is 1. The number of amides is 1. The van der Waals surface area contributed by atoms with Crippen LogP contribution in [0.1, 0.15) is 33.3 Å². The van der Waals surface area contributed by atoms with Crippen molar-refractivity contribution in [2.45, 2.75) is 13.8 Å². The van der Waals surface area contributed by atoms with Crippen molar-refractivity contribution in [2.24, 2.45) is 5.73 Å². The molecule has 0 saturated heterocycles. The molecule has 98 valence electrons. The Morgan fingerprint density at radius 1 is 1.26 bits per heavy atom. The van der Waals surface area contributed by atoms with E-state index in [1.165, 1.54) is 18.5 Å². The summed E-state index contributed by atoms with van der Waals surface area (Å²) in [5.41, 5.74) is 7.71. The Morgan fingerprint density at radius 2 is 1.89 bits per heavy atom. The number of carbonyl (C=O) groups is 2. The number of nitrogens with one attached hydrogen (secondary N) is 1. The number of ketones is 1. The summed E-state index contributed by atoms with van der Waals surface area (Å²) in [6, 6.07) is 6.73. The molecule has 1 aromatic carbocycles. The third kappa shape index (κ3) is 2.79. The van der Waals surface area contributed by atoms with E-state index < -0.39 is 5.91 Å². The molecule has 5 nitrogen and oxygen atoms in total. The predicted molar refractivity (Wildman–Crippen MR) is 75.1 cm³/mol. The van der Waals surface area contributed by atoms with Gasteiger partial charge in [-0.1, -0.05) is 0 Å². The molecule has 0 fully saturated rings. The molecule has 0 radical (unpaired) electrons. The van der Waals surface area contributed by atoms with E-state index in [4.69, 9.17) is 5.73 Å². The summed E-state index contributed by atoms with van der Waals surface area (Å²) < 4.78 is 4.16. The topological polar surface area (TPSA) is 85.1 Å². The molecule has 1 aromatic heterocycles. The second-order valence-electron chi connectivity index (χ2n) is 4.09. The lowest BCUT2D eigenvalue weighted by Crippen LogP contribution is -2.10. The molecule has 2 aromatic rings. The zero-order chi connectivity index (χ0) is 14.0. The van der Waals surface area contributed by atoms with Crippen LogP contribution in [0, 0.1) is 6.92 Å². The quantitative estimate of drug-likeness (QED) is 0.839. The Hall–Kier alpha value is -2.21. The fourth-order valence-corrected chi connectivity index (χ4v) is 2.58. The molecule has 0 saturated carbocycles. The zero-order valence-corrected chi connectivity index (χ0v) is 11.4. The molecule has 6 heteroatoms. The minimum absolute atomic E-state index is 0.0255. The highest BCUT2D eigenvalue weighted by atomic mass is 32.1. The molecular weight excluding hydrogens is 262 g/mol. The van der Waals surface area contributed by atoms with Crippen LogP contribution in [-0.4, -0.2) is 16.1 Å². The molecule has 1 heterocycles. The van der Waals surface area contributed by atoms with Crippen molar-refractivity contribution < 1.29 is 9.59 Å². The van der Waals surface area contributed by atoms with Gasteiger partial charge in [-0.15, -0.1) is 0 Å². The van der Waals surface area contributed by atoms with Crippen molar-refractivity contribution in [1.29, 1.82) is 0 Å². The molecule has 0 bridgehead atoms. The van der Waals surface area contributed by atoms with E-state index in [1.807, 2.05) is 0 Å². The van der Waals surface area contributed by atoms with Crippen LogP contribution in [0.25, 0.3) is 0 Å². The van der Waals surface area contributed by atoms with Crippen molar-refractivity contribution in [3.05, 3.63) is 41.1 Å². The number of nitrogens with zero attached hydrogens (tertiary/aromatic N) is 1. The van der Waals surface area contributed by atoms with Gasteiger partial charge in [-0.3, -0.25) is 9.59 Å². The van der Waals surface area contributed by atoms with E-state index >= 15 is 0 Å². The number of rotatable bonds is 4. The van der Waals surface area contributed by atoms with E-state index in [1.54, 1.807) is 31.2 Å². The Labute approximate surface area is 114 Å². The van der Waals surface area contributed by atoms with Crippen LogP contribution in [-0.2, 0) is 0 Å². The smallest absolute Gasteiger partial charge is 0.248 e. The van der Waals surface area contributed by atoms with Crippen molar-refractivity contribution in [3.8, 4) is 0 Å². The SMILES string of the molecule is CC(=O)c1c(C)nsc1Nc1ccc(C(N)=O)cc1. The number of anilines is 2. The Balaban J connectivity index is 2.26. The third-order valence-electron chi connectivity index (χ3n) is 2.64. The highest BCUT2D eigenvalue weighted by molar-refractivity contribution is 7.10. The second-order valence-corrected chi connectivity index (χ2v) is 4.87. The summed E-state index contributed by atoms with van der Waals surface area (Å²) in [4.78, 5) is 22.5. The first-order valence-corrected chi connectivity index (χ1v) is 6.40. The molecule has 3 N–H and O–H groups in total. The molecule has 0 aliphatic heterocycles. The Morgan fingerprint density at radius 3 is 2.42 bits per heavy atom. The number of hydrogen-bond donors (Lipinski definition) is 2. The minimum Gasteiger partial charge on any atom is -0.366 e. The van der Waals surface area contributed by atoms with E-state index in [2.05, 4.69) is 9.69 Å².